The van der Waals surface area contributed by atoms with Crippen LogP contribution in [0.1, 0.15) is 10.4 Å². The summed E-state index contributed by atoms with van der Waals surface area (Å²) in [4.78, 5) is 36.2. The third-order valence-electron chi connectivity index (χ3n) is 3.94. The fraction of sp³-hybridized carbons (Fsp3) is 0.250. The first kappa shape index (κ1) is 24.1. The number of hydrogen-bond acceptors (Lipinski definition) is 4. The third kappa shape index (κ3) is 8.21. The van der Waals surface area contributed by atoms with Crippen molar-refractivity contribution in [1.29, 1.82) is 0 Å². The summed E-state index contributed by atoms with van der Waals surface area (Å²) in [5.41, 5.74) is -2.27. The van der Waals surface area contributed by atoms with E-state index >= 15 is 0 Å². The third-order valence-corrected chi connectivity index (χ3v) is 4.67. The highest BCUT2D eigenvalue weighted by molar-refractivity contribution is 8.00. The average molecular weight is 455 g/mol. The topological polar surface area (TPSA) is 98.7 Å². The Morgan fingerprint density at radius 2 is 1.71 bits per heavy atom. The Morgan fingerprint density at radius 3 is 2.35 bits per heavy atom. The van der Waals surface area contributed by atoms with E-state index in [4.69, 9.17) is 5.11 Å². The highest BCUT2D eigenvalue weighted by Gasteiger charge is 2.27. The molecular weight excluding hydrogens is 435 g/mol. The summed E-state index contributed by atoms with van der Waals surface area (Å²) in [6, 6.07) is 12.6. The van der Waals surface area contributed by atoms with Crippen LogP contribution in [0.15, 0.2) is 48.5 Å². The van der Waals surface area contributed by atoms with Crippen LogP contribution in [-0.2, 0) is 4.79 Å². The molecule has 0 saturated carbocycles. The van der Waals surface area contributed by atoms with Crippen molar-refractivity contribution in [3.05, 3.63) is 54.1 Å². The van der Waals surface area contributed by atoms with Gasteiger partial charge in [0.05, 0.1) is 0 Å². The molecule has 0 bridgehead atoms. The Morgan fingerprint density at radius 1 is 1.06 bits per heavy atom. The number of amides is 3. The van der Waals surface area contributed by atoms with Gasteiger partial charge in [-0.05, 0) is 47.2 Å². The number of rotatable bonds is 8. The van der Waals surface area contributed by atoms with Gasteiger partial charge in [0, 0.05) is 30.6 Å². The van der Waals surface area contributed by atoms with Gasteiger partial charge < -0.3 is 20.6 Å². The Bertz CT molecular complexity index is 953. The van der Waals surface area contributed by atoms with Gasteiger partial charge in [-0.25, -0.2) is 4.79 Å². The van der Waals surface area contributed by atoms with Crippen molar-refractivity contribution in [2.75, 3.05) is 31.2 Å². The highest BCUT2D eigenvalue weighted by Crippen LogP contribution is 2.29. The zero-order valence-corrected chi connectivity index (χ0v) is 17.2. The molecular formula is C20H20F3N3O4S. The maximum atomic E-state index is 12.4. The summed E-state index contributed by atoms with van der Waals surface area (Å²) in [5, 5.41) is 13.7. The van der Waals surface area contributed by atoms with Crippen LogP contribution in [0.25, 0.3) is 11.1 Å². The average Bonchev–Trinajstić information content (AvgIpc) is 2.70. The molecule has 0 aliphatic heterocycles. The second-order valence-electron chi connectivity index (χ2n) is 6.39. The monoisotopic (exact) mass is 455 g/mol. The lowest BCUT2D eigenvalue weighted by molar-refractivity contribution is -0.137. The molecule has 0 atom stereocenters. The number of carboxylic acids is 1. The highest BCUT2D eigenvalue weighted by atomic mass is 32.2. The van der Waals surface area contributed by atoms with E-state index in [0.717, 1.165) is 4.90 Å². The van der Waals surface area contributed by atoms with Gasteiger partial charge in [0.1, 0.15) is 6.54 Å². The molecule has 0 spiro atoms. The number of alkyl halides is 3. The maximum Gasteiger partial charge on any atom is 0.441 e. The molecule has 0 heterocycles. The van der Waals surface area contributed by atoms with E-state index in [-0.39, 0.29) is 24.1 Å². The first-order valence-electron chi connectivity index (χ1n) is 8.98. The maximum absolute atomic E-state index is 12.4. The summed E-state index contributed by atoms with van der Waals surface area (Å²) in [5.74, 6) is -1.87. The summed E-state index contributed by atoms with van der Waals surface area (Å²) in [7, 11) is 1.39. The van der Waals surface area contributed by atoms with Crippen LogP contribution >= 0.6 is 11.8 Å². The summed E-state index contributed by atoms with van der Waals surface area (Å²) in [6.07, 6.45) is 0. The van der Waals surface area contributed by atoms with Crippen LogP contribution in [-0.4, -0.2) is 59.3 Å². The minimum absolute atomic E-state index is 0.149. The number of anilines is 1. The number of carboxylic acid groups (broad SMARTS) is 1. The first-order chi connectivity index (χ1) is 14.5. The lowest BCUT2D eigenvalue weighted by Gasteiger charge is -2.15. The number of benzene rings is 2. The fourth-order valence-corrected chi connectivity index (χ4v) is 3.05. The van der Waals surface area contributed by atoms with E-state index in [1.807, 2.05) is 0 Å². The number of thioether (sulfide) groups is 1. The molecule has 7 nitrogen and oxygen atoms in total. The molecule has 2 aromatic carbocycles. The van der Waals surface area contributed by atoms with Crippen molar-refractivity contribution in [1.82, 2.24) is 10.2 Å². The van der Waals surface area contributed by atoms with Crippen LogP contribution in [0, 0.1) is 0 Å². The van der Waals surface area contributed by atoms with E-state index < -0.39 is 30.0 Å². The first-order valence-corrected chi connectivity index (χ1v) is 9.97. The van der Waals surface area contributed by atoms with E-state index in [9.17, 15) is 27.6 Å². The van der Waals surface area contributed by atoms with Crippen molar-refractivity contribution >= 4 is 35.4 Å². The molecule has 0 unspecified atom stereocenters. The summed E-state index contributed by atoms with van der Waals surface area (Å²) in [6.45, 7) is -0.581. The quantitative estimate of drug-likeness (QED) is 0.525. The lowest BCUT2D eigenvalue weighted by atomic mass is 10.0. The van der Waals surface area contributed by atoms with Crippen molar-refractivity contribution < 1.29 is 32.7 Å². The van der Waals surface area contributed by atoms with Gasteiger partial charge in [-0.3, -0.25) is 9.59 Å². The lowest BCUT2D eigenvalue weighted by Crippen LogP contribution is -2.31. The van der Waals surface area contributed by atoms with Crippen LogP contribution in [0.2, 0.25) is 0 Å². The van der Waals surface area contributed by atoms with Gasteiger partial charge in [0.2, 0.25) is 0 Å². The fourth-order valence-electron chi connectivity index (χ4n) is 2.61. The van der Waals surface area contributed by atoms with Crippen LogP contribution in [0.4, 0.5) is 23.7 Å². The molecule has 3 amide bonds. The van der Waals surface area contributed by atoms with Gasteiger partial charge in [-0.15, -0.1) is 0 Å². The molecule has 0 radical (unpaired) electrons. The Hall–Kier alpha value is -3.21. The summed E-state index contributed by atoms with van der Waals surface area (Å²) < 4.78 is 36.3. The van der Waals surface area contributed by atoms with Crippen LogP contribution < -0.4 is 10.6 Å². The molecule has 3 N–H and O–H groups in total. The number of aliphatic carboxylic acids is 1. The smallest absolute Gasteiger partial charge is 0.441 e. The molecule has 0 fully saturated rings. The molecule has 2 rings (SSSR count). The van der Waals surface area contributed by atoms with E-state index in [1.54, 1.807) is 48.5 Å². The molecule has 2 aromatic rings. The van der Waals surface area contributed by atoms with E-state index in [2.05, 4.69) is 10.6 Å². The Kier molecular flexibility index (Phi) is 8.31. The predicted molar refractivity (Wildman–Crippen MR) is 112 cm³/mol. The normalized spacial score (nSPS) is 11.0. The predicted octanol–water partition coefficient (Wildman–Crippen LogP) is 3.88. The minimum atomic E-state index is -4.34. The van der Waals surface area contributed by atoms with Crippen molar-refractivity contribution in [3.8, 4) is 11.1 Å². The van der Waals surface area contributed by atoms with Gasteiger partial charge >= 0.3 is 17.5 Å². The molecule has 0 aromatic heterocycles. The van der Waals surface area contributed by atoms with Gasteiger partial charge in [-0.2, -0.15) is 13.2 Å². The van der Waals surface area contributed by atoms with Crippen molar-refractivity contribution in [2.24, 2.45) is 0 Å². The number of nitrogens with one attached hydrogen (secondary N) is 2. The standard InChI is InChI=1S/C20H20F3N3O4S/c1-26(12-17(27)28)18(29)15-6-2-4-13(10-15)14-5-3-7-16(11-14)25-19(30)24-8-9-31-20(21,22)23/h2-7,10-11H,8-9,12H2,1H3,(H,27,28)(H2,24,25,30). The molecule has 11 heteroatoms. The Balaban J connectivity index is 2.04. The second-order valence-corrected chi connectivity index (χ2v) is 7.55. The zero-order valence-electron chi connectivity index (χ0n) is 16.4. The van der Waals surface area contributed by atoms with E-state index in [1.165, 1.54) is 7.05 Å². The SMILES string of the molecule is CN(CC(=O)O)C(=O)c1cccc(-c2cccc(NC(=O)NCCSC(F)(F)F)c2)c1. The number of carbonyl (C=O) groups excluding carboxylic acids is 2. The number of nitrogens with zero attached hydrogens (tertiary/aromatic N) is 1. The molecule has 0 saturated heterocycles. The number of likely N-dealkylation sites (N-methyl/N-ethyl adjacent to an activating group) is 1. The number of halogens is 3. The summed E-state index contributed by atoms with van der Waals surface area (Å²) >= 11 is -0.216. The van der Waals surface area contributed by atoms with Crippen molar-refractivity contribution in [2.45, 2.75) is 5.51 Å². The largest absolute Gasteiger partial charge is 0.480 e. The molecule has 0 aliphatic carbocycles. The minimum Gasteiger partial charge on any atom is -0.480 e. The zero-order chi connectivity index (χ0) is 23.0. The number of urea groups is 1. The van der Waals surface area contributed by atoms with Crippen LogP contribution in [0.5, 0.6) is 0 Å². The van der Waals surface area contributed by atoms with Gasteiger partial charge in [0.25, 0.3) is 5.91 Å². The number of carbonyl (C=O) groups is 3. The van der Waals surface area contributed by atoms with Crippen LogP contribution in [0.3, 0.4) is 0 Å². The molecule has 166 valence electrons. The molecule has 31 heavy (non-hydrogen) atoms. The Labute approximate surface area is 180 Å². The molecule has 0 aliphatic rings. The van der Waals surface area contributed by atoms with Crippen molar-refractivity contribution in [3.63, 3.8) is 0 Å². The van der Waals surface area contributed by atoms with Gasteiger partial charge in [-0.1, -0.05) is 24.3 Å². The number of hydrogen-bond donors (Lipinski definition) is 3. The van der Waals surface area contributed by atoms with E-state index in [0.29, 0.717) is 22.4 Å². The second kappa shape index (κ2) is 10.7. The van der Waals surface area contributed by atoms with Gasteiger partial charge in [0.15, 0.2) is 0 Å².